The average Bonchev–Trinajstić information content (AvgIpc) is 2.86. The molecule has 4 amide bonds. The zero-order valence-electron chi connectivity index (χ0n) is 20.7. The summed E-state index contributed by atoms with van der Waals surface area (Å²) in [7, 11) is 1.43. The normalized spacial score (nSPS) is 11.3. The first-order chi connectivity index (χ1) is 16.9. The molecular weight excluding hydrogens is 452 g/mol. The molecular formula is C25H38N4O6. The zero-order valence-corrected chi connectivity index (χ0v) is 20.7. The van der Waals surface area contributed by atoms with Crippen LogP contribution in [-0.2, 0) is 14.4 Å². The molecule has 1 atom stereocenters. The van der Waals surface area contributed by atoms with Crippen LogP contribution in [0.15, 0.2) is 18.2 Å². The number of carbonyl (C=O) groups is 5. The highest BCUT2D eigenvalue weighted by molar-refractivity contribution is 6.04. The number of unbranched alkanes of at least 4 members (excludes halogenated alkanes) is 5. The molecule has 1 rings (SSSR count). The summed E-state index contributed by atoms with van der Waals surface area (Å²) in [5.74, 6) is -1.41. The molecule has 0 aliphatic rings. The predicted molar refractivity (Wildman–Crippen MR) is 132 cm³/mol. The van der Waals surface area contributed by atoms with Crippen LogP contribution in [-0.4, -0.2) is 68.1 Å². The Labute approximate surface area is 206 Å². The molecule has 0 radical (unpaired) electrons. The van der Waals surface area contributed by atoms with E-state index in [1.54, 1.807) is 0 Å². The fourth-order valence-corrected chi connectivity index (χ4v) is 3.64. The molecule has 0 heterocycles. The third-order valence-corrected chi connectivity index (χ3v) is 5.58. The molecule has 1 aromatic rings. The first kappa shape index (κ1) is 29.8. The predicted octanol–water partition coefficient (Wildman–Crippen LogP) is 1.81. The van der Waals surface area contributed by atoms with Crippen molar-refractivity contribution in [1.82, 2.24) is 15.5 Å². The summed E-state index contributed by atoms with van der Waals surface area (Å²) >= 11 is 0. The standard InChI is InChI=1S/C25H38N4O6/c1-3-11-21(24(33)28-18-31)29(2)25(34)19-12-10-13-22(20(19)16-30)35-17-23(32)27-15-9-7-5-4-6-8-14-26/h10,12-13,16,18,21H,3-9,11,14-15,17,26H2,1-2H3,(H,27,32)(H,28,31,33). The van der Waals surface area contributed by atoms with Crippen molar-refractivity contribution in [3.05, 3.63) is 29.3 Å². The maximum atomic E-state index is 13.1. The molecule has 0 fully saturated rings. The Morgan fingerprint density at radius 3 is 2.40 bits per heavy atom. The van der Waals surface area contributed by atoms with Crippen LogP contribution in [0.2, 0.25) is 0 Å². The molecule has 35 heavy (non-hydrogen) atoms. The molecule has 0 aliphatic heterocycles. The van der Waals surface area contributed by atoms with E-state index >= 15 is 0 Å². The molecule has 0 aromatic heterocycles. The van der Waals surface area contributed by atoms with Crippen LogP contribution in [0.25, 0.3) is 0 Å². The van der Waals surface area contributed by atoms with E-state index in [1.165, 1.54) is 30.1 Å². The van der Waals surface area contributed by atoms with Crippen molar-refractivity contribution in [2.45, 2.75) is 64.3 Å². The highest BCUT2D eigenvalue weighted by Crippen LogP contribution is 2.23. The Bertz CT molecular complexity index is 845. The number of carbonyl (C=O) groups excluding carboxylic acids is 5. The molecule has 0 saturated carbocycles. The second-order valence-electron chi connectivity index (χ2n) is 8.23. The number of amides is 4. The van der Waals surface area contributed by atoms with Gasteiger partial charge in [-0.25, -0.2) is 0 Å². The number of rotatable bonds is 18. The second kappa shape index (κ2) is 17.2. The SMILES string of the molecule is CCCC(C(=O)NC=O)N(C)C(=O)c1cccc(OCC(=O)NCCCCCCCCN)c1C=O. The van der Waals surface area contributed by atoms with Gasteiger partial charge < -0.3 is 20.7 Å². The Morgan fingerprint density at radius 1 is 1.09 bits per heavy atom. The van der Waals surface area contributed by atoms with Gasteiger partial charge in [0.25, 0.3) is 11.8 Å². The van der Waals surface area contributed by atoms with E-state index in [0.29, 0.717) is 32.2 Å². The molecule has 4 N–H and O–H groups in total. The smallest absolute Gasteiger partial charge is 0.257 e. The highest BCUT2D eigenvalue weighted by atomic mass is 16.5. The van der Waals surface area contributed by atoms with E-state index in [0.717, 1.165) is 38.5 Å². The first-order valence-electron chi connectivity index (χ1n) is 12.1. The third kappa shape index (κ3) is 10.3. The summed E-state index contributed by atoms with van der Waals surface area (Å²) < 4.78 is 5.53. The van der Waals surface area contributed by atoms with E-state index < -0.39 is 17.9 Å². The second-order valence-corrected chi connectivity index (χ2v) is 8.23. The lowest BCUT2D eigenvalue weighted by Gasteiger charge is -2.27. The van der Waals surface area contributed by atoms with Gasteiger partial charge in [0.15, 0.2) is 12.9 Å². The van der Waals surface area contributed by atoms with Crippen molar-refractivity contribution in [3.8, 4) is 5.75 Å². The van der Waals surface area contributed by atoms with Gasteiger partial charge in [0.1, 0.15) is 11.8 Å². The molecule has 1 unspecified atom stereocenters. The van der Waals surface area contributed by atoms with Gasteiger partial charge >= 0.3 is 0 Å². The molecule has 0 saturated heterocycles. The van der Waals surface area contributed by atoms with Gasteiger partial charge in [-0.2, -0.15) is 0 Å². The topological polar surface area (TPSA) is 148 Å². The number of imide groups is 1. The highest BCUT2D eigenvalue weighted by Gasteiger charge is 2.28. The number of nitrogens with one attached hydrogen (secondary N) is 2. The lowest BCUT2D eigenvalue weighted by molar-refractivity contribution is -0.129. The number of aldehydes is 1. The Balaban J connectivity index is 2.72. The van der Waals surface area contributed by atoms with Crippen LogP contribution in [0.5, 0.6) is 5.75 Å². The zero-order chi connectivity index (χ0) is 26.1. The minimum Gasteiger partial charge on any atom is -0.483 e. The maximum absolute atomic E-state index is 13.1. The lowest BCUT2D eigenvalue weighted by atomic mass is 10.0. The third-order valence-electron chi connectivity index (χ3n) is 5.58. The average molecular weight is 491 g/mol. The van der Waals surface area contributed by atoms with Gasteiger partial charge in [-0.05, 0) is 37.9 Å². The van der Waals surface area contributed by atoms with E-state index in [-0.39, 0.29) is 35.8 Å². The van der Waals surface area contributed by atoms with Crippen LogP contribution in [0, 0.1) is 0 Å². The van der Waals surface area contributed by atoms with Gasteiger partial charge in [0.05, 0.1) is 11.1 Å². The molecule has 194 valence electrons. The summed E-state index contributed by atoms with van der Waals surface area (Å²) in [6, 6.07) is 3.60. The van der Waals surface area contributed by atoms with Gasteiger partial charge in [0.2, 0.25) is 12.3 Å². The van der Waals surface area contributed by atoms with Gasteiger partial charge in [-0.1, -0.05) is 45.1 Å². The monoisotopic (exact) mass is 490 g/mol. The summed E-state index contributed by atoms with van der Waals surface area (Å²) in [6.07, 6.45) is 7.96. The molecule has 0 aliphatic carbocycles. The van der Waals surface area contributed by atoms with Crippen molar-refractivity contribution in [3.63, 3.8) is 0 Å². The van der Waals surface area contributed by atoms with Crippen molar-refractivity contribution < 1.29 is 28.7 Å². The number of nitrogens with zero attached hydrogens (tertiary/aromatic N) is 1. The van der Waals surface area contributed by atoms with Crippen molar-refractivity contribution in [2.24, 2.45) is 5.73 Å². The van der Waals surface area contributed by atoms with Crippen LogP contribution in [0.1, 0.15) is 79.0 Å². The number of ether oxygens (including phenoxy) is 1. The van der Waals surface area contributed by atoms with Crippen LogP contribution in [0.4, 0.5) is 0 Å². The summed E-state index contributed by atoms with van der Waals surface area (Å²) in [5, 5.41) is 4.85. The maximum Gasteiger partial charge on any atom is 0.257 e. The fourth-order valence-electron chi connectivity index (χ4n) is 3.64. The molecule has 10 heteroatoms. The van der Waals surface area contributed by atoms with Crippen molar-refractivity contribution in [2.75, 3.05) is 26.7 Å². The number of likely N-dealkylation sites (N-methyl/N-ethyl adjacent to an activating group) is 1. The summed E-state index contributed by atoms with van der Waals surface area (Å²) in [6.45, 7) is 2.79. The molecule has 1 aromatic carbocycles. The van der Waals surface area contributed by atoms with E-state index in [1.807, 2.05) is 6.92 Å². The molecule has 0 spiro atoms. The van der Waals surface area contributed by atoms with Crippen LogP contribution >= 0.6 is 0 Å². The molecule has 10 nitrogen and oxygen atoms in total. The van der Waals surface area contributed by atoms with Crippen molar-refractivity contribution >= 4 is 30.4 Å². The van der Waals surface area contributed by atoms with Crippen LogP contribution in [0.3, 0.4) is 0 Å². The fraction of sp³-hybridized carbons (Fsp3) is 0.560. The van der Waals surface area contributed by atoms with Gasteiger partial charge in [-0.15, -0.1) is 0 Å². The summed E-state index contributed by atoms with van der Waals surface area (Å²) in [5.41, 5.74) is 5.49. The minimum atomic E-state index is -0.881. The van der Waals surface area contributed by atoms with E-state index in [9.17, 15) is 24.0 Å². The number of hydrogen-bond donors (Lipinski definition) is 3. The quantitative estimate of drug-likeness (QED) is 0.210. The largest absolute Gasteiger partial charge is 0.483 e. The van der Waals surface area contributed by atoms with Gasteiger partial charge in [-0.3, -0.25) is 29.3 Å². The number of hydrogen-bond acceptors (Lipinski definition) is 7. The minimum absolute atomic E-state index is 0.0133. The molecule has 0 bridgehead atoms. The van der Waals surface area contributed by atoms with E-state index in [2.05, 4.69) is 10.6 Å². The lowest BCUT2D eigenvalue weighted by Crippen LogP contribution is -2.47. The van der Waals surface area contributed by atoms with Crippen LogP contribution < -0.4 is 21.1 Å². The van der Waals surface area contributed by atoms with E-state index in [4.69, 9.17) is 10.5 Å². The van der Waals surface area contributed by atoms with Gasteiger partial charge in [0, 0.05) is 13.6 Å². The number of nitrogens with two attached hydrogens (primary N) is 1. The first-order valence-corrected chi connectivity index (χ1v) is 12.1. The number of benzene rings is 1. The summed E-state index contributed by atoms with van der Waals surface area (Å²) in [4.78, 5) is 61.1. The Morgan fingerprint density at radius 2 is 1.77 bits per heavy atom. The Hall–Kier alpha value is -3.27. The Kier molecular flexibility index (Phi) is 14.6. The van der Waals surface area contributed by atoms with Crippen molar-refractivity contribution in [1.29, 1.82) is 0 Å².